The zero-order valence-electron chi connectivity index (χ0n) is 15.2. The molecule has 0 amide bonds. The second kappa shape index (κ2) is 18.1. The molecule has 156 valence electrons. The first-order valence-corrected chi connectivity index (χ1v) is 7.64. The third kappa shape index (κ3) is 17.9. The minimum Gasteiger partial charge on any atom is -0.545 e. The summed E-state index contributed by atoms with van der Waals surface area (Å²) in [5.74, 6) is -3.47. The molecular formula is C17H26O10-2. The predicted octanol–water partition coefficient (Wildman–Crippen LogP) is -2.58. The monoisotopic (exact) mass is 390 g/mol. The Labute approximate surface area is 157 Å². The number of rotatable bonds is 11. The summed E-state index contributed by atoms with van der Waals surface area (Å²) in [6, 6.07) is 0. The van der Waals surface area contributed by atoms with Crippen molar-refractivity contribution in [3.63, 3.8) is 0 Å². The van der Waals surface area contributed by atoms with Gasteiger partial charge < -0.3 is 44.6 Å². The van der Waals surface area contributed by atoms with E-state index in [4.69, 9.17) is 34.4 Å². The van der Waals surface area contributed by atoms with Gasteiger partial charge in [0.2, 0.25) is 0 Å². The fourth-order valence-electron chi connectivity index (χ4n) is 1.21. The first-order valence-electron chi connectivity index (χ1n) is 7.64. The molecule has 27 heavy (non-hydrogen) atoms. The Balaban J connectivity index is -0.000000471. The number of ether oxygens (including phenoxy) is 2. The van der Waals surface area contributed by atoms with Crippen LogP contribution >= 0.6 is 0 Å². The van der Waals surface area contributed by atoms with Crippen molar-refractivity contribution in [1.29, 1.82) is 0 Å². The SMILES string of the molecule is C=C(OCC)C(=O)OC(CO)(CO)CCCO.C=CC(=O)[O-].C=CC(=O)[O-]. The largest absolute Gasteiger partial charge is 0.545 e. The Morgan fingerprint density at radius 1 is 1.04 bits per heavy atom. The van der Waals surface area contributed by atoms with Gasteiger partial charge in [-0.25, -0.2) is 4.79 Å². The van der Waals surface area contributed by atoms with Crippen LogP contribution in [0.2, 0.25) is 0 Å². The van der Waals surface area contributed by atoms with Gasteiger partial charge in [0.05, 0.1) is 31.8 Å². The Hall–Kier alpha value is -2.69. The van der Waals surface area contributed by atoms with Crippen molar-refractivity contribution >= 4 is 17.9 Å². The second-order valence-electron chi connectivity index (χ2n) is 4.62. The van der Waals surface area contributed by atoms with Gasteiger partial charge in [-0.3, -0.25) is 0 Å². The summed E-state index contributed by atoms with van der Waals surface area (Å²) in [5, 5.41) is 45.3. The molecule has 0 saturated heterocycles. The summed E-state index contributed by atoms with van der Waals surface area (Å²) < 4.78 is 9.84. The molecule has 0 radical (unpaired) electrons. The molecule has 0 aromatic heterocycles. The first-order chi connectivity index (χ1) is 12.6. The molecule has 10 nitrogen and oxygen atoms in total. The molecule has 0 saturated carbocycles. The highest BCUT2D eigenvalue weighted by Gasteiger charge is 2.33. The number of aliphatic hydroxyl groups is 3. The van der Waals surface area contributed by atoms with Crippen molar-refractivity contribution in [3.05, 3.63) is 37.6 Å². The maximum Gasteiger partial charge on any atom is 0.373 e. The Kier molecular flexibility index (Phi) is 19.5. The van der Waals surface area contributed by atoms with E-state index in [9.17, 15) is 15.0 Å². The standard InChI is InChI=1S/C11H20O6.2C3H4O2/c1-3-16-9(2)10(15)17-11(7-13,8-14)5-4-6-12;2*1-2-3(4)5/h12-14H,2-8H2,1H3;2*2H,1H2,(H,4,5)/p-2. The predicted molar refractivity (Wildman–Crippen MR) is 90.5 cm³/mol. The number of hydrogen-bond acceptors (Lipinski definition) is 10. The minimum absolute atomic E-state index is 0.119. The van der Waals surface area contributed by atoms with Gasteiger partial charge >= 0.3 is 5.97 Å². The average Bonchev–Trinajstić information content (AvgIpc) is 2.66. The Morgan fingerprint density at radius 3 is 1.70 bits per heavy atom. The molecule has 10 heteroatoms. The molecule has 0 fully saturated rings. The van der Waals surface area contributed by atoms with Crippen molar-refractivity contribution in [2.24, 2.45) is 0 Å². The number of carbonyl (C=O) groups excluding carboxylic acids is 3. The number of hydrogen-bond donors (Lipinski definition) is 3. The molecule has 0 aromatic carbocycles. The topological polar surface area (TPSA) is 176 Å². The summed E-state index contributed by atoms with van der Waals surface area (Å²) in [6.45, 7) is 9.94. The van der Waals surface area contributed by atoms with Gasteiger partial charge in [0.15, 0.2) is 11.4 Å². The van der Waals surface area contributed by atoms with E-state index in [0.29, 0.717) is 6.42 Å². The minimum atomic E-state index is -1.40. The van der Waals surface area contributed by atoms with E-state index in [-0.39, 0.29) is 25.4 Å². The van der Waals surface area contributed by atoms with Crippen molar-refractivity contribution in [3.8, 4) is 0 Å². The van der Waals surface area contributed by atoms with Crippen LogP contribution in [-0.2, 0) is 23.9 Å². The lowest BCUT2D eigenvalue weighted by molar-refractivity contribution is -0.298. The van der Waals surface area contributed by atoms with Gasteiger partial charge in [0.25, 0.3) is 0 Å². The van der Waals surface area contributed by atoms with Crippen LogP contribution in [0.5, 0.6) is 0 Å². The molecule has 0 bridgehead atoms. The van der Waals surface area contributed by atoms with E-state index < -0.39 is 36.7 Å². The molecule has 0 aliphatic carbocycles. The molecule has 3 N–H and O–H groups in total. The number of carboxylic acid groups (broad SMARTS) is 2. The molecular weight excluding hydrogens is 364 g/mol. The lowest BCUT2D eigenvalue weighted by atomic mass is 9.99. The van der Waals surface area contributed by atoms with Crippen LogP contribution in [-0.4, -0.2) is 65.3 Å². The highest BCUT2D eigenvalue weighted by atomic mass is 16.6. The fraction of sp³-hybridized carbons (Fsp3) is 0.471. The Bertz CT molecular complexity index is 462. The van der Waals surface area contributed by atoms with Crippen molar-refractivity contribution in [2.75, 3.05) is 26.4 Å². The van der Waals surface area contributed by atoms with Crippen LogP contribution < -0.4 is 10.2 Å². The van der Waals surface area contributed by atoms with E-state index in [1.54, 1.807) is 6.92 Å². The maximum atomic E-state index is 11.5. The van der Waals surface area contributed by atoms with Gasteiger partial charge in [-0.05, 0) is 38.5 Å². The van der Waals surface area contributed by atoms with E-state index >= 15 is 0 Å². The summed E-state index contributed by atoms with van der Waals surface area (Å²) in [6.07, 6.45) is 1.90. The number of carboxylic acids is 2. The van der Waals surface area contributed by atoms with E-state index in [1.807, 2.05) is 0 Å². The quantitative estimate of drug-likeness (QED) is 0.193. The van der Waals surface area contributed by atoms with Crippen molar-refractivity contribution in [1.82, 2.24) is 0 Å². The van der Waals surface area contributed by atoms with Crippen molar-refractivity contribution in [2.45, 2.75) is 25.4 Å². The second-order valence-corrected chi connectivity index (χ2v) is 4.62. The molecule has 0 aromatic rings. The molecule has 0 spiro atoms. The highest BCUT2D eigenvalue weighted by Crippen LogP contribution is 2.19. The number of aliphatic hydroxyl groups excluding tert-OH is 3. The molecule has 0 aliphatic rings. The fourth-order valence-corrected chi connectivity index (χ4v) is 1.21. The van der Waals surface area contributed by atoms with Gasteiger partial charge in [-0.1, -0.05) is 13.2 Å². The van der Waals surface area contributed by atoms with Crippen LogP contribution in [0, 0.1) is 0 Å². The summed E-state index contributed by atoms with van der Waals surface area (Å²) >= 11 is 0. The zero-order valence-corrected chi connectivity index (χ0v) is 15.2. The molecule has 0 atom stereocenters. The molecule has 0 unspecified atom stereocenters. The number of aliphatic carboxylic acids is 2. The highest BCUT2D eigenvalue weighted by molar-refractivity contribution is 5.85. The first kappa shape index (κ1) is 29.1. The van der Waals surface area contributed by atoms with Gasteiger partial charge in [0.1, 0.15) is 0 Å². The van der Waals surface area contributed by atoms with Crippen molar-refractivity contribution < 1.29 is 49.4 Å². The molecule has 0 rings (SSSR count). The molecule has 0 heterocycles. The third-order valence-electron chi connectivity index (χ3n) is 2.56. The summed E-state index contributed by atoms with van der Waals surface area (Å²) in [4.78, 5) is 29.8. The maximum absolute atomic E-state index is 11.5. The average molecular weight is 390 g/mol. The van der Waals surface area contributed by atoms with Gasteiger partial charge in [0, 0.05) is 6.61 Å². The van der Waals surface area contributed by atoms with Crippen LogP contribution in [0.15, 0.2) is 37.6 Å². The summed E-state index contributed by atoms with van der Waals surface area (Å²) in [5.41, 5.74) is -1.40. The normalized spacial score (nSPS) is 9.33. The molecule has 0 aliphatic heterocycles. The van der Waals surface area contributed by atoms with Crippen LogP contribution in [0.4, 0.5) is 0 Å². The smallest absolute Gasteiger partial charge is 0.373 e. The zero-order chi connectivity index (χ0) is 21.9. The van der Waals surface area contributed by atoms with Crippen LogP contribution in [0.1, 0.15) is 19.8 Å². The van der Waals surface area contributed by atoms with E-state index in [2.05, 4.69) is 19.7 Å². The lowest BCUT2D eigenvalue weighted by Gasteiger charge is -2.29. The Morgan fingerprint density at radius 2 is 1.44 bits per heavy atom. The van der Waals surface area contributed by atoms with E-state index in [0.717, 1.165) is 12.2 Å². The van der Waals surface area contributed by atoms with Crippen LogP contribution in [0.25, 0.3) is 0 Å². The third-order valence-corrected chi connectivity index (χ3v) is 2.56. The number of esters is 1. The number of carbonyl (C=O) groups is 3. The van der Waals surface area contributed by atoms with Gasteiger partial charge in [-0.15, -0.1) is 0 Å². The summed E-state index contributed by atoms with van der Waals surface area (Å²) in [7, 11) is 0. The van der Waals surface area contributed by atoms with Crippen LogP contribution in [0.3, 0.4) is 0 Å². The lowest BCUT2D eigenvalue weighted by Crippen LogP contribution is -2.43. The van der Waals surface area contributed by atoms with E-state index in [1.165, 1.54) is 0 Å². The van der Waals surface area contributed by atoms with Gasteiger partial charge in [-0.2, -0.15) is 0 Å².